The molecule has 0 aromatic carbocycles. The molecule has 11 nitrogen and oxygen atoms in total. The van der Waals surface area contributed by atoms with Crippen molar-refractivity contribution in [2.75, 3.05) is 5.73 Å². The Bertz CT molecular complexity index is 799. The van der Waals surface area contributed by atoms with E-state index in [-0.39, 0.29) is 12.8 Å². The van der Waals surface area contributed by atoms with Crippen LogP contribution in [0, 0.1) is 0 Å². The molecule has 2 aromatic heterocycles. The van der Waals surface area contributed by atoms with E-state index in [2.05, 4.69) is 19.9 Å². The first-order chi connectivity index (χ1) is 10.1. The normalized spacial score (nSPS) is 12.2. The summed E-state index contributed by atoms with van der Waals surface area (Å²) in [4.78, 5) is 14.4. The van der Waals surface area contributed by atoms with Gasteiger partial charge in [-0.05, 0) is 6.42 Å². The van der Waals surface area contributed by atoms with Gasteiger partial charge in [-0.3, -0.25) is 9.11 Å². The highest BCUT2D eigenvalue weighted by molar-refractivity contribution is 8.03. The van der Waals surface area contributed by atoms with Crippen LogP contribution in [-0.2, 0) is 20.2 Å². The SMILES string of the molecule is CCCC(S(=O)(=O)O)S(=O)(=O)O.Nc1ncnc2nc[nH]c12. The fraction of sp³-hybridized carbons (Fsp3) is 0.444. The van der Waals surface area contributed by atoms with E-state index < -0.39 is 24.8 Å². The van der Waals surface area contributed by atoms with Crippen molar-refractivity contribution in [3.05, 3.63) is 12.7 Å². The standard InChI is InChI=1S/C5H5N5.C4H10O6S2/c6-4-3-5(9-1-7-3)10-2-8-4;1-2-3-4(11(5,6)7)12(8,9)10/h1-2H,(H3,6,7,8,9,10);4H,2-3H2,1H3,(H,5,6,7)(H,8,9,10). The summed E-state index contributed by atoms with van der Waals surface area (Å²) in [5, 5.41) is 0. The second-order valence-electron chi connectivity index (χ2n) is 4.11. The lowest BCUT2D eigenvalue weighted by atomic mass is 10.4. The van der Waals surface area contributed by atoms with Gasteiger partial charge in [0.2, 0.25) is 4.58 Å². The molecule has 0 saturated heterocycles. The molecular formula is C9H15N5O6S2. The number of rotatable bonds is 4. The van der Waals surface area contributed by atoms with E-state index >= 15 is 0 Å². The second-order valence-corrected chi connectivity index (χ2v) is 7.60. The zero-order valence-corrected chi connectivity index (χ0v) is 13.0. The van der Waals surface area contributed by atoms with Crippen LogP contribution in [0.15, 0.2) is 12.7 Å². The number of imidazole rings is 1. The van der Waals surface area contributed by atoms with Crippen LogP contribution in [0.2, 0.25) is 0 Å². The molecule has 2 aromatic rings. The Morgan fingerprint density at radius 2 is 1.77 bits per heavy atom. The number of aromatic nitrogens is 4. The van der Waals surface area contributed by atoms with Crippen LogP contribution in [0.5, 0.6) is 0 Å². The first-order valence-corrected chi connectivity index (χ1v) is 8.90. The van der Waals surface area contributed by atoms with Crippen LogP contribution in [0.1, 0.15) is 19.8 Å². The summed E-state index contributed by atoms with van der Waals surface area (Å²) >= 11 is 0. The molecule has 0 amide bonds. The number of hydrogen-bond donors (Lipinski definition) is 4. The number of nitrogen functional groups attached to an aromatic ring is 1. The minimum atomic E-state index is -4.72. The molecule has 2 rings (SSSR count). The highest BCUT2D eigenvalue weighted by atomic mass is 32.3. The van der Waals surface area contributed by atoms with Gasteiger partial charge in [0.1, 0.15) is 11.8 Å². The average molecular weight is 353 g/mol. The number of H-pyrrole nitrogens is 1. The second kappa shape index (κ2) is 6.95. The number of anilines is 1. The van der Waals surface area contributed by atoms with Gasteiger partial charge in [0.25, 0.3) is 20.2 Å². The van der Waals surface area contributed by atoms with E-state index in [0.717, 1.165) is 0 Å². The first kappa shape index (κ1) is 18.2. The molecule has 0 aliphatic rings. The van der Waals surface area contributed by atoms with Crippen LogP contribution in [0.3, 0.4) is 0 Å². The summed E-state index contributed by atoms with van der Waals surface area (Å²) in [6.45, 7) is 1.53. The molecule has 0 unspecified atom stereocenters. The van der Waals surface area contributed by atoms with E-state index in [1.165, 1.54) is 19.6 Å². The summed E-state index contributed by atoms with van der Waals surface area (Å²) in [6, 6.07) is 0. The summed E-state index contributed by atoms with van der Waals surface area (Å²) < 4.78 is 56.2. The molecule has 0 saturated carbocycles. The topological polar surface area (TPSA) is 189 Å². The number of nitrogens with one attached hydrogen (secondary N) is 1. The van der Waals surface area contributed by atoms with Gasteiger partial charge in [-0.15, -0.1) is 0 Å². The van der Waals surface area contributed by atoms with E-state index in [9.17, 15) is 16.8 Å². The Morgan fingerprint density at radius 1 is 1.18 bits per heavy atom. The van der Waals surface area contributed by atoms with E-state index in [1.54, 1.807) is 0 Å². The van der Waals surface area contributed by atoms with Crippen molar-refractivity contribution in [1.82, 2.24) is 19.9 Å². The number of aromatic amines is 1. The Balaban J connectivity index is 0.000000222. The van der Waals surface area contributed by atoms with E-state index in [4.69, 9.17) is 14.8 Å². The smallest absolute Gasteiger partial charge is 0.284 e. The third-order valence-corrected chi connectivity index (χ3v) is 5.70. The molecule has 124 valence electrons. The van der Waals surface area contributed by atoms with Gasteiger partial charge in [-0.25, -0.2) is 15.0 Å². The largest absolute Gasteiger partial charge is 0.382 e. The molecule has 0 aliphatic heterocycles. The molecule has 0 atom stereocenters. The maximum absolute atomic E-state index is 10.4. The van der Waals surface area contributed by atoms with Gasteiger partial charge in [0.05, 0.1) is 6.33 Å². The third kappa shape index (κ3) is 4.87. The predicted molar refractivity (Wildman–Crippen MR) is 77.9 cm³/mol. The Morgan fingerprint density at radius 3 is 2.18 bits per heavy atom. The van der Waals surface area contributed by atoms with Crippen LogP contribution in [-0.4, -0.2) is 50.5 Å². The van der Waals surface area contributed by atoms with Gasteiger partial charge >= 0.3 is 0 Å². The molecular weight excluding hydrogens is 338 g/mol. The third-order valence-electron chi connectivity index (χ3n) is 2.44. The minimum absolute atomic E-state index is 0.226. The summed E-state index contributed by atoms with van der Waals surface area (Å²) in [6.07, 6.45) is 2.83. The first-order valence-electron chi connectivity index (χ1n) is 5.89. The molecule has 0 bridgehead atoms. The van der Waals surface area contributed by atoms with Crippen LogP contribution in [0.25, 0.3) is 11.2 Å². The lowest BCUT2D eigenvalue weighted by Gasteiger charge is -2.07. The molecule has 0 aliphatic carbocycles. The van der Waals surface area contributed by atoms with Crippen molar-refractivity contribution < 1.29 is 25.9 Å². The van der Waals surface area contributed by atoms with Gasteiger partial charge in [-0.1, -0.05) is 13.3 Å². The molecule has 0 spiro atoms. The van der Waals surface area contributed by atoms with Crippen LogP contribution >= 0.6 is 0 Å². The Labute approximate surface area is 126 Å². The quantitative estimate of drug-likeness (QED) is 0.536. The van der Waals surface area contributed by atoms with Gasteiger partial charge in [0.15, 0.2) is 11.5 Å². The zero-order valence-electron chi connectivity index (χ0n) is 11.4. The van der Waals surface area contributed by atoms with Crippen molar-refractivity contribution in [3.8, 4) is 0 Å². The molecule has 5 N–H and O–H groups in total. The zero-order chi connectivity index (χ0) is 17.0. The summed E-state index contributed by atoms with van der Waals surface area (Å²) in [7, 11) is -9.45. The van der Waals surface area contributed by atoms with Gasteiger partial charge in [-0.2, -0.15) is 16.8 Å². The molecule has 22 heavy (non-hydrogen) atoms. The Hall–Kier alpha value is -1.83. The van der Waals surface area contributed by atoms with Crippen LogP contribution < -0.4 is 5.73 Å². The predicted octanol–water partition coefficient (Wildman–Crippen LogP) is -0.177. The molecule has 2 heterocycles. The highest BCUT2D eigenvalue weighted by Crippen LogP contribution is 2.12. The minimum Gasteiger partial charge on any atom is -0.382 e. The van der Waals surface area contributed by atoms with Crippen molar-refractivity contribution >= 4 is 37.2 Å². The fourth-order valence-corrected chi connectivity index (χ4v) is 3.77. The lowest BCUT2D eigenvalue weighted by Crippen LogP contribution is -2.29. The lowest BCUT2D eigenvalue weighted by molar-refractivity contribution is 0.450. The number of hydrogen-bond acceptors (Lipinski definition) is 8. The van der Waals surface area contributed by atoms with Crippen LogP contribution in [0.4, 0.5) is 5.82 Å². The van der Waals surface area contributed by atoms with E-state index in [0.29, 0.717) is 17.0 Å². The van der Waals surface area contributed by atoms with Crippen molar-refractivity contribution in [3.63, 3.8) is 0 Å². The monoisotopic (exact) mass is 353 g/mol. The van der Waals surface area contributed by atoms with Gasteiger partial charge in [0, 0.05) is 0 Å². The number of nitrogens with zero attached hydrogens (tertiary/aromatic N) is 3. The van der Waals surface area contributed by atoms with Gasteiger partial charge < -0.3 is 10.7 Å². The van der Waals surface area contributed by atoms with Crippen molar-refractivity contribution in [2.45, 2.75) is 24.3 Å². The van der Waals surface area contributed by atoms with E-state index in [1.807, 2.05) is 0 Å². The number of nitrogens with two attached hydrogens (primary N) is 1. The summed E-state index contributed by atoms with van der Waals surface area (Å²) in [5.74, 6) is 0.433. The summed E-state index contributed by atoms with van der Waals surface area (Å²) in [5.41, 5.74) is 6.78. The number of fused-ring (bicyclic) bond motifs is 1. The highest BCUT2D eigenvalue weighted by Gasteiger charge is 2.34. The molecule has 0 fully saturated rings. The van der Waals surface area contributed by atoms with Crippen molar-refractivity contribution in [1.29, 1.82) is 0 Å². The average Bonchev–Trinajstić information content (AvgIpc) is 2.84. The Kier molecular flexibility index (Phi) is 5.76. The van der Waals surface area contributed by atoms with Crippen molar-refractivity contribution in [2.24, 2.45) is 0 Å². The maximum Gasteiger partial charge on any atom is 0.284 e. The molecule has 13 heteroatoms. The fourth-order valence-electron chi connectivity index (χ4n) is 1.47. The maximum atomic E-state index is 10.4. The molecule has 0 radical (unpaired) electrons.